The van der Waals surface area contributed by atoms with Gasteiger partial charge in [-0.05, 0) is 37.2 Å². The number of phenolic OH excluding ortho intramolecular Hbond substituents is 2. The van der Waals surface area contributed by atoms with E-state index in [2.05, 4.69) is 26.8 Å². The minimum Gasteiger partial charge on any atom is -0.507 e. The molecule has 3 atom stereocenters. The minimum absolute atomic E-state index is 0.00985. The van der Waals surface area contributed by atoms with E-state index in [4.69, 9.17) is 4.74 Å². The van der Waals surface area contributed by atoms with Gasteiger partial charge in [-0.2, -0.15) is 0 Å². The molecule has 0 amide bonds. The summed E-state index contributed by atoms with van der Waals surface area (Å²) in [5.74, 6) is 0.650. The zero-order valence-corrected chi connectivity index (χ0v) is 17.2. The molecule has 29 heavy (non-hydrogen) atoms. The average molecular weight is 392 g/mol. The zero-order chi connectivity index (χ0) is 20.7. The molecule has 1 aliphatic heterocycles. The van der Waals surface area contributed by atoms with Crippen LogP contribution in [-0.4, -0.2) is 16.0 Å². The van der Waals surface area contributed by atoms with Gasteiger partial charge in [0.2, 0.25) is 0 Å². The number of rotatable bonds is 3. The van der Waals surface area contributed by atoms with Crippen LogP contribution in [0.4, 0.5) is 0 Å². The highest BCUT2D eigenvalue weighted by molar-refractivity contribution is 6.03. The molecule has 2 aromatic rings. The number of phenols is 2. The second-order valence-corrected chi connectivity index (χ2v) is 8.66. The Morgan fingerprint density at radius 2 is 1.83 bits per heavy atom. The van der Waals surface area contributed by atoms with Gasteiger partial charge >= 0.3 is 0 Å². The lowest BCUT2D eigenvalue weighted by molar-refractivity contribution is 0.0840. The minimum atomic E-state index is -0.428. The van der Waals surface area contributed by atoms with Gasteiger partial charge in [-0.3, -0.25) is 4.79 Å². The van der Waals surface area contributed by atoms with Crippen molar-refractivity contribution in [3.63, 3.8) is 0 Å². The van der Waals surface area contributed by atoms with Crippen LogP contribution < -0.4 is 4.74 Å². The van der Waals surface area contributed by atoms with Crippen LogP contribution in [0.1, 0.15) is 73.5 Å². The zero-order valence-electron chi connectivity index (χ0n) is 17.2. The van der Waals surface area contributed by atoms with Gasteiger partial charge in [0.1, 0.15) is 28.9 Å². The number of hydrogen-bond donors (Lipinski definition) is 2. The molecule has 0 bridgehead atoms. The van der Waals surface area contributed by atoms with E-state index >= 15 is 0 Å². The summed E-state index contributed by atoms with van der Waals surface area (Å²) in [7, 11) is 0. The smallest absolute Gasteiger partial charge is 0.174 e. The summed E-state index contributed by atoms with van der Waals surface area (Å²) in [4.78, 5) is 13.0. The number of aromatic hydroxyl groups is 2. The summed E-state index contributed by atoms with van der Waals surface area (Å²) < 4.78 is 6.33. The molecule has 0 saturated heterocycles. The van der Waals surface area contributed by atoms with Crippen molar-refractivity contribution in [3.8, 4) is 17.2 Å². The second-order valence-electron chi connectivity index (χ2n) is 8.66. The van der Waals surface area contributed by atoms with Crippen LogP contribution in [0, 0.1) is 11.8 Å². The van der Waals surface area contributed by atoms with Gasteiger partial charge in [0, 0.05) is 17.5 Å². The number of ketones is 1. The predicted molar refractivity (Wildman–Crippen MR) is 113 cm³/mol. The first-order valence-electron chi connectivity index (χ1n) is 10.4. The van der Waals surface area contributed by atoms with Gasteiger partial charge in [0.25, 0.3) is 0 Å². The number of fused-ring (bicyclic) bond motifs is 1. The van der Waals surface area contributed by atoms with Gasteiger partial charge < -0.3 is 14.9 Å². The van der Waals surface area contributed by atoms with E-state index in [0.29, 0.717) is 23.1 Å². The SMILES string of the molecule is CC1=C[C@H](c2c(O)cc(O)c3c2O[C@H](c2ccccc2)CC3=O)[C@@H](C(C)C)CC1. The maximum absolute atomic E-state index is 13.0. The molecule has 2 aromatic carbocycles. The predicted octanol–water partition coefficient (Wildman–Crippen LogP) is 5.90. The van der Waals surface area contributed by atoms with E-state index in [9.17, 15) is 15.0 Å². The fraction of sp³-hybridized carbons (Fsp3) is 0.400. The Hall–Kier alpha value is -2.75. The highest BCUT2D eigenvalue weighted by atomic mass is 16.5. The van der Waals surface area contributed by atoms with Crippen molar-refractivity contribution in [2.75, 3.05) is 0 Å². The van der Waals surface area contributed by atoms with Crippen molar-refractivity contribution in [3.05, 3.63) is 64.7 Å². The standard InChI is InChI=1S/C25H28O4/c1-14(2)17-10-9-15(3)11-18(17)23-19(26)12-20(27)24-21(28)13-22(29-25(23)24)16-7-5-4-6-8-16/h4-8,11-12,14,17-18,22,26-27H,9-10,13H2,1-3H3/t17-,18+,22+/m1/s1. The van der Waals surface area contributed by atoms with Crippen LogP contribution >= 0.6 is 0 Å². The maximum atomic E-state index is 13.0. The third kappa shape index (κ3) is 3.52. The van der Waals surface area contributed by atoms with Crippen LogP contribution in [-0.2, 0) is 0 Å². The molecule has 2 aliphatic rings. The van der Waals surface area contributed by atoms with E-state index in [1.807, 2.05) is 30.3 Å². The number of carbonyl (C=O) groups is 1. The van der Waals surface area contributed by atoms with Crippen molar-refractivity contribution in [2.24, 2.45) is 11.8 Å². The highest BCUT2D eigenvalue weighted by Gasteiger charge is 2.38. The lowest BCUT2D eigenvalue weighted by atomic mass is 9.71. The van der Waals surface area contributed by atoms with Crippen LogP contribution in [0.5, 0.6) is 17.2 Å². The number of allylic oxidation sites excluding steroid dienone is 2. The number of Topliss-reactive ketones (excluding diaryl/α,β-unsaturated/α-hetero) is 1. The Kier molecular flexibility index (Phi) is 5.12. The monoisotopic (exact) mass is 392 g/mol. The molecule has 0 aromatic heterocycles. The van der Waals surface area contributed by atoms with E-state index in [-0.39, 0.29) is 35.2 Å². The van der Waals surface area contributed by atoms with Crippen LogP contribution in [0.15, 0.2) is 48.0 Å². The molecule has 152 valence electrons. The molecule has 2 N–H and O–H groups in total. The number of hydrogen-bond acceptors (Lipinski definition) is 4. The summed E-state index contributed by atoms with van der Waals surface area (Å²) in [5.41, 5.74) is 3.01. The molecule has 0 unspecified atom stereocenters. The summed E-state index contributed by atoms with van der Waals surface area (Å²) >= 11 is 0. The number of benzene rings is 2. The first-order valence-corrected chi connectivity index (χ1v) is 10.4. The van der Waals surface area contributed by atoms with Crippen LogP contribution in [0.25, 0.3) is 0 Å². The summed E-state index contributed by atoms with van der Waals surface area (Å²) in [6.07, 6.45) is 3.99. The molecular formula is C25H28O4. The lowest BCUT2D eigenvalue weighted by Crippen LogP contribution is -2.25. The van der Waals surface area contributed by atoms with Gasteiger partial charge in [-0.25, -0.2) is 0 Å². The Bertz CT molecular complexity index is 959. The first kappa shape index (κ1) is 19.6. The van der Waals surface area contributed by atoms with Gasteiger partial charge in [-0.1, -0.05) is 55.8 Å². The fourth-order valence-electron chi connectivity index (χ4n) is 4.80. The van der Waals surface area contributed by atoms with Crippen molar-refractivity contribution in [2.45, 2.75) is 52.1 Å². The van der Waals surface area contributed by atoms with Crippen molar-refractivity contribution >= 4 is 5.78 Å². The van der Waals surface area contributed by atoms with Crippen molar-refractivity contribution in [1.29, 1.82) is 0 Å². The Labute approximate surface area is 171 Å². The third-order valence-electron chi connectivity index (χ3n) is 6.35. The fourth-order valence-corrected chi connectivity index (χ4v) is 4.80. The van der Waals surface area contributed by atoms with Gasteiger partial charge in [0.05, 0.1) is 6.42 Å². The largest absolute Gasteiger partial charge is 0.507 e. The highest BCUT2D eigenvalue weighted by Crippen LogP contribution is 2.52. The molecule has 1 heterocycles. The maximum Gasteiger partial charge on any atom is 0.174 e. The molecule has 0 spiro atoms. The van der Waals surface area contributed by atoms with E-state index in [1.54, 1.807) is 0 Å². The second kappa shape index (κ2) is 7.58. The quantitative estimate of drug-likeness (QED) is 0.638. The molecule has 1 aliphatic carbocycles. The summed E-state index contributed by atoms with van der Waals surface area (Å²) in [5, 5.41) is 21.3. The molecule has 4 heteroatoms. The molecule has 0 fully saturated rings. The van der Waals surface area contributed by atoms with Crippen molar-refractivity contribution < 1.29 is 19.7 Å². The molecule has 4 rings (SSSR count). The Balaban J connectivity index is 1.88. The van der Waals surface area contributed by atoms with E-state index in [0.717, 1.165) is 18.4 Å². The summed E-state index contributed by atoms with van der Waals surface area (Å²) in [6.45, 7) is 6.48. The van der Waals surface area contributed by atoms with Gasteiger partial charge in [-0.15, -0.1) is 0 Å². The average Bonchev–Trinajstić information content (AvgIpc) is 2.67. The molecule has 0 saturated carbocycles. The van der Waals surface area contributed by atoms with Crippen LogP contribution in [0.3, 0.4) is 0 Å². The number of ether oxygens (including phenoxy) is 1. The molecule has 0 radical (unpaired) electrons. The summed E-state index contributed by atoms with van der Waals surface area (Å²) in [6, 6.07) is 10.9. The Morgan fingerprint density at radius 3 is 2.52 bits per heavy atom. The van der Waals surface area contributed by atoms with Gasteiger partial charge in [0.15, 0.2) is 5.78 Å². The molecular weight excluding hydrogens is 364 g/mol. The topological polar surface area (TPSA) is 66.8 Å². The van der Waals surface area contributed by atoms with Crippen molar-refractivity contribution in [1.82, 2.24) is 0 Å². The van der Waals surface area contributed by atoms with Crippen LogP contribution in [0.2, 0.25) is 0 Å². The normalized spacial score (nSPS) is 24.1. The number of carbonyl (C=O) groups excluding carboxylic acids is 1. The lowest BCUT2D eigenvalue weighted by Gasteiger charge is -2.36. The Morgan fingerprint density at radius 1 is 1.10 bits per heavy atom. The van der Waals surface area contributed by atoms with E-state index < -0.39 is 6.10 Å². The van der Waals surface area contributed by atoms with E-state index in [1.165, 1.54) is 11.6 Å². The molecule has 4 nitrogen and oxygen atoms in total. The first-order chi connectivity index (χ1) is 13.9. The third-order valence-corrected chi connectivity index (χ3v) is 6.35.